The van der Waals surface area contributed by atoms with E-state index in [9.17, 15) is 22.8 Å². The van der Waals surface area contributed by atoms with Gasteiger partial charge in [-0.1, -0.05) is 18.2 Å². The van der Waals surface area contributed by atoms with Crippen molar-refractivity contribution in [2.75, 3.05) is 18.0 Å². The van der Waals surface area contributed by atoms with Crippen LogP contribution in [0.4, 0.5) is 23.7 Å². The fourth-order valence-corrected chi connectivity index (χ4v) is 4.64. The van der Waals surface area contributed by atoms with Gasteiger partial charge in [-0.15, -0.1) is 0 Å². The molecule has 2 heterocycles. The number of aryl methyl sites for hydroxylation is 1. The average Bonchev–Trinajstić information content (AvgIpc) is 3.35. The highest BCUT2D eigenvalue weighted by Gasteiger charge is 2.33. The third kappa shape index (κ3) is 4.48. The summed E-state index contributed by atoms with van der Waals surface area (Å²) in [6.07, 6.45) is -2.95. The van der Waals surface area contributed by atoms with E-state index in [1.165, 1.54) is 19.1 Å². The SMILES string of the molecule is CC(=O)NC[C@H]1CN(c2ccc3c(c2)CCCc2c(-c4ccc(C(F)(F)F)cc4)n[nH]c2-3)C(=O)O1. The Morgan fingerprint density at radius 3 is 2.69 bits per heavy atom. The molecule has 1 aliphatic heterocycles. The van der Waals surface area contributed by atoms with E-state index in [1.807, 2.05) is 18.2 Å². The maximum atomic E-state index is 12.9. The van der Waals surface area contributed by atoms with Crippen molar-refractivity contribution in [2.45, 2.75) is 38.5 Å². The van der Waals surface area contributed by atoms with Crippen LogP contribution in [-0.4, -0.2) is 41.4 Å². The lowest BCUT2D eigenvalue weighted by atomic mass is 9.99. The number of H-pyrrole nitrogens is 1. The summed E-state index contributed by atoms with van der Waals surface area (Å²) >= 11 is 0. The minimum Gasteiger partial charge on any atom is -0.442 e. The van der Waals surface area contributed by atoms with E-state index in [0.29, 0.717) is 23.5 Å². The highest BCUT2D eigenvalue weighted by Crippen LogP contribution is 2.39. The molecule has 0 bridgehead atoms. The molecule has 2 aliphatic rings. The molecule has 10 heteroatoms. The third-order valence-electron chi connectivity index (χ3n) is 6.35. The normalized spacial score (nSPS) is 17.4. The minimum atomic E-state index is -4.39. The number of hydrogen-bond donors (Lipinski definition) is 2. The molecule has 0 radical (unpaired) electrons. The molecule has 1 atom stereocenters. The summed E-state index contributed by atoms with van der Waals surface area (Å²) in [5, 5.41) is 10.2. The van der Waals surface area contributed by atoms with Crippen molar-refractivity contribution in [3.05, 3.63) is 59.2 Å². The number of anilines is 1. The van der Waals surface area contributed by atoms with Gasteiger partial charge in [0.15, 0.2) is 0 Å². The van der Waals surface area contributed by atoms with Crippen LogP contribution in [0.3, 0.4) is 0 Å². The van der Waals surface area contributed by atoms with Gasteiger partial charge in [0.05, 0.1) is 30.0 Å². The highest BCUT2D eigenvalue weighted by molar-refractivity contribution is 5.91. The van der Waals surface area contributed by atoms with Crippen LogP contribution in [0.15, 0.2) is 42.5 Å². The van der Waals surface area contributed by atoms with Gasteiger partial charge in [-0.2, -0.15) is 18.3 Å². The van der Waals surface area contributed by atoms with E-state index in [0.717, 1.165) is 53.8 Å². The number of aromatic nitrogens is 2. The molecule has 0 spiro atoms. The van der Waals surface area contributed by atoms with E-state index >= 15 is 0 Å². The lowest BCUT2D eigenvalue weighted by Gasteiger charge is -2.16. The van der Waals surface area contributed by atoms with Gasteiger partial charge >= 0.3 is 12.3 Å². The number of nitrogens with zero attached hydrogens (tertiary/aromatic N) is 2. The molecule has 2 N–H and O–H groups in total. The van der Waals surface area contributed by atoms with Crippen molar-refractivity contribution in [1.82, 2.24) is 15.5 Å². The molecule has 1 aromatic heterocycles. The Kier molecular flexibility index (Phi) is 5.74. The Morgan fingerprint density at radius 2 is 1.97 bits per heavy atom. The molecule has 0 saturated carbocycles. The van der Waals surface area contributed by atoms with Gasteiger partial charge in [0.2, 0.25) is 5.91 Å². The monoisotopic (exact) mass is 484 g/mol. The van der Waals surface area contributed by atoms with Crippen LogP contribution in [0, 0.1) is 0 Å². The van der Waals surface area contributed by atoms with Crippen molar-refractivity contribution in [1.29, 1.82) is 0 Å². The molecular weight excluding hydrogens is 461 g/mol. The Labute approximate surface area is 199 Å². The zero-order valence-corrected chi connectivity index (χ0v) is 18.9. The minimum absolute atomic E-state index is 0.185. The van der Waals surface area contributed by atoms with E-state index in [4.69, 9.17) is 4.74 Å². The van der Waals surface area contributed by atoms with E-state index in [-0.39, 0.29) is 12.5 Å². The Hall–Kier alpha value is -3.82. The van der Waals surface area contributed by atoms with Gasteiger partial charge in [-0.25, -0.2) is 4.79 Å². The molecule has 0 unspecified atom stereocenters. The predicted octanol–water partition coefficient (Wildman–Crippen LogP) is 4.71. The van der Waals surface area contributed by atoms with Crippen LogP contribution in [-0.2, 0) is 28.5 Å². The second-order valence-corrected chi connectivity index (χ2v) is 8.75. The van der Waals surface area contributed by atoms with E-state index < -0.39 is 23.9 Å². The predicted molar refractivity (Wildman–Crippen MR) is 123 cm³/mol. The van der Waals surface area contributed by atoms with Crippen molar-refractivity contribution in [3.8, 4) is 22.5 Å². The first-order valence-electron chi connectivity index (χ1n) is 11.3. The first-order chi connectivity index (χ1) is 16.7. The first-order valence-corrected chi connectivity index (χ1v) is 11.3. The molecule has 7 nitrogen and oxygen atoms in total. The lowest BCUT2D eigenvalue weighted by molar-refractivity contribution is -0.137. The zero-order valence-electron chi connectivity index (χ0n) is 18.9. The number of cyclic esters (lactones) is 1. The second-order valence-electron chi connectivity index (χ2n) is 8.75. The largest absolute Gasteiger partial charge is 0.442 e. The molecule has 35 heavy (non-hydrogen) atoms. The smallest absolute Gasteiger partial charge is 0.416 e. The number of amides is 2. The van der Waals surface area contributed by atoms with Crippen LogP contribution in [0.25, 0.3) is 22.5 Å². The quantitative estimate of drug-likeness (QED) is 0.562. The molecule has 3 aromatic rings. The molecule has 2 amide bonds. The summed E-state index contributed by atoms with van der Waals surface area (Å²) in [4.78, 5) is 25.1. The average molecular weight is 484 g/mol. The topological polar surface area (TPSA) is 87.3 Å². The molecule has 5 rings (SSSR count). The van der Waals surface area contributed by atoms with Crippen molar-refractivity contribution < 1.29 is 27.5 Å². The number of rotatable bonds is 4. The van der Waals surface area contributed by atoms with Gasteiger partial charge in [0, 0.05) is 29.3 Å². The lowest BCUT2D eigenvalue weighted by Crippen LogP contribution is -2.33. The van der Waals surface area contributed by atoms with Gasteiger partial charge in [-0.3, -0.25) is 14.8 Å². The number of aromatic amines is 1. The van der Waals surface area contributed by atoms with Gasteiger partial charge in [0.1, 0.15) is 6.10 Å². The number of hydrogen-bond acceptors (Lipinski definition) is 4. The highest BCUT2D eigenvalue weighted by atomic mass is 19.4. The standard InChI is InChI=1S/C25H23F3N4O3/c1-14(33)29-12-19-13-32(24(34)35-19)18-9-10-20-16(11-18)3-2-4-21-22(30-31-23(20)21)15-5-7-17(8-6-15)25(26,27)28/h5-11,19H,2-4,12-13H2,1H3,(H,29,33)(H,30,31)/t19-/m0/s1. The third-order valence-corrected chi connectivity index (χ3v) is 6.35. The number of alkyl halides is 3. The number of carbonyl (C=O) groups excluding carboxylic acids is 2. The number of benzene rings is 2. The summed E-state index contributed by atoms with van der Waals surface area (Å²) in [6.45, 7) is 2.01. The summed E-state index contributed by atoms with van der Waals surface area (Å²) in [5.41, 5.74) is 5.09. The van der Waals surface area contributed by atoms with Gasteiger partial charge in [0.25, 0.3) is 0 Å². The summed E-state index contributed by atoms with van der Waals surface area (Å²) in [6, 6.07) is 10.8. The Morgan fingerprint density at radius 1 is 1.20 bits per heavy atom. The maximum Gasteiger partial charge on any atom is 0.416 e. The van der Waals surface area contributed by atoms with E-state index in [2.05, 4.69) is 15.5 Å². The second kappa shape index (κ2) is 8.75. The maximum absolute atomic E-state index is 12.9. The van der Waals surface area contributed by atoms with Crippen molar-refractivity contribution >= 4 is 17.7 Å². The molecule has 1 fully saturated rings. The summed E-state index contributed by atoms with van der Waals surface area (Å²) in [7, 11) is 0. The number of ether oxygens (including phenoxy) is 1. The first kappa shape index (κ1) is 22.9. The number of fused-ring (bicyclic) bond motifs is 3. The Balaban J connectivity index is 1.42. The van der Waals surface area contributed by atoms with Crippen molar-refractivity contribution in [2.24, 2.45) is 0 Å². The summed E-state index contributed by atoms with van der Waals surface area (Å²) < 4.78 is 44.2. The molecule has 1 aliphatic carbocycles. The van der Waals surface area contributed by atoms with Crippen LogP contribution < -0.4 is 10.2 Å². The summed E-state index contributed by atoms with van der Waals surface area (Å²) in [5.74, 6) is -0.185. The van der Waals surface area contributed by atoms with Gasteiger partial charge < -0.3 is 10.1 Å². The number of nitrogens with one attached hydrogen (secondary N) is 2. The van der Waals surface area contributed by atoms with Crippen LogP contribution in [0.5, 0.6) is 0 Å². The van der Waals surface area contributed by atoms with Crippen molar-refractivity contribution in [3.63, 3.8) is 0 Å². The van der Waals surface area contributed by atoms with Crippen LogP contribution in [0.2, 0.25) is 0 Å². The zero-order chi connectivity index (χ0) is 24.7. The van der Waals surface area contributed by atoms with Gasteiger partial charge in [-0.05, 0) is 49.1 Å². The van der Waals surface area contributed by atoms with Crippen LogP contribution >= 0.6 is 0 Å². The molecule has 182 valence electrons. The fourth-order valence-electron chi connectivity index (χ4n) is 4.64. The Bertz CT molecular complexity index is 1280. The van der Waals surface area contributed by atoms with Crippen LogP contribution in [0.1, 0.15) is 30.0 Å². The van der Waals surface area contributed by atoms with E-state index in [1.54, 1.807) is 4.90 Å². The molecule has 2 aromatic carbocycles. The molecule has 1 saturated heterocycles. The fraction of sp³-hybridized carbons (Fsp3) is 0.320. The number of halogens is 3. The number of carbonyl (C=O) groups is 2. The molecular formula is C25H23F3N4O3.